The Morgan fingerprint density at radius 2 is 2.00 bits per heavy atom. The number of rotatable bonds is 5. The smallest absolute Gasteiger partial charge is 0.232 e. The zero-order valence-corrected chi connectivity index (χ0v) is 15.5. The number of halogens is 2. The number of carbonyl (C=O) groups excluding carboxylic acids is 2. The molecule has 27 heavy (non-hydrogen) atoms. The van der Waals surface area contributed by atoms with E-state index in [0.29, 0.717) is 42.4 Å². The summed E-state index contributed by atoms with van der Waals surface area (Å²) in [5.41, 5.74) is 0. The lowest BCUT2D eigenvalue weighted by molar-refractivity contribution is -0.132. The minimum absolute atomic E-state index is 0.0873. The predicted molar refractivity (Wildman–Crippen MR) is 96.3 cm³/mol. The van der Waals surface area contributed by atoms with Crippen molar-refractivity contribution in [3.05, 3.63) is 41.7 Å². The molecule has 1 fully saturated rings. The molecular weight excluding hydrogens is 376 g/mol. The van der Waals surface area contributed by atoms with Gasteiger partial charge >= 0.3 is 0 Å². The number of aromatic nitrogens is 1. The summed E-state index contributed by atoms with van der Waals surface area (Å²) in [6, 6.07) is 5.21. The highest BCUT2D eigenvalue weighted by atomic mass is 32.2. The number of hydrogen-bond acceptors (Lipinski definition) is 5. The van der Waals surface area contributed by atoms with Crippen LogP contribution in [0.5, 0.6) is 0 Å². The molecule has 0 saturated carbocycles. The number of aryl methyl sites for hydroxylation is 1. The number of nitrogens with zero attached hydrogens (tertiary/aromatic N) is 2. The van der Waals surface area contributed by atoms with Crippen molar-refractivity contribution in [3.63, 3.8) is 0 Å². The Morgan fingerprint density at radius 1 is 1.26 bits per heavy atom. The van der Waals surface area contributed by atoms with Gasteiger partial charge in [0.05, 0.1) is 5.75 Å². The van der Waals surface area contributed by atoms with Crippen LogP contribution in [0.2, 0.25) is 0 Å². The highest BCUT2D eigenvalue weighted by Crippen LogP contribution is 2.23. The third-order valence-corrected chi connectivity index (χ3v) is 5.33. The fourth-order valence-corrected chi connectivity index (χ4v) is 3.67. The van der Waals surface area contributed by atoms with E-state index in [9.17, 15) is 18.4 Å². The molecule has 1 aliphatic heterocycles. The first-order valence-corrected chi connectivity index (χ1v) is 9.51. The van der Waals surface area contributed by atoms with Crippen molar-refractivity contribution >= 4 is 29.4 Å². The maximum atomic E-state index is 13.2. The van der Waals surface area contributed by atoms with E-state index in [1.165, 1.54) is 6.07 Å². The molecule has 1 aromatic carbocycles. The van der Waals surface area contributed by atoms with Crippen LogP contribution >= 0.6 is 11.8 Å². The zero-order valence-electron chi connectivity index (χ0n) is 14.7. The third-order valence-electron chi connectivity index (χ3n) is 4.35. The average molecular weight is 395 g/mol. The number of nitrogens with one attached hydrogen (secondary N) is 1. The monoisotopic (exact) mass is 395 g/mol. The van der Waals surface area contributed by atoms with Crippen molar-refractivity contribution in [3.8, 4) is 0 Å². The van der Waals surface area contributed by atoms with Gasteiger partial charge in [0, 0.05) is 30.0 Å². The molecule has 3 rings (SSSR count). The fraction of sp³-hybridized carbons (Fsp3) is 0.389. The van der Waals surface area contributed by atoms with Gasteiger partial charge in [-0.15, -0.1) is 11.8 Å². The number of anilines is 1. The summed E-state index contributed by atoms with van der Waals surface area (Å²) in [4.78, 5) is 26.8. The van der Waals surface area contributed by atoms with Gasteiger partial charge in [-0.3, -0.25) is 9.59 Å². The number of piperidine rings is 1. The summed E-state index contributed by atoms with van der Waals surface area (Å²) < 4.78 is 31.0. The van der Waals surface area contributed by atoms with Gasteiger partial charge in [0.25, 0.3) is 0 Å². The zero-order chi connectivity index (χ0) is 19.4. The van der Waals surface area contributed by atoms with Crippen molar-refractivity contribution in [1.82, 2.24) is 10.1 Å². The molecule has 6 nitrogen and oxygen atoms in total. The molecule has 1 aromatic heterocycles. The number of likely N-dealkylation sites (tertiary alicyclic amines) is 1. The fourth-order valence-electron chi connectivity index (χ4n) is 2.85. The summed E-state index contributed by atoms with van der Waals surface area (Å²) in [7, 11) is 0. The molecule has 0 spiro atoms. The second-order valence-electron chi connectivity index (χ2n) is 6.33. The molecule has 0 atom stereocenters. The van der Waals surface area contributed by atoms with E-state index in [1.807, 2.05) is 0 Å². The van der Waals surface area contributed by atoms with Crippen LogP contribution in [0.4, 0.5) is 14.6 Å². The van der Waals surface area contributed by atoms with E-state index >= 15 is 0 Å². The van der Waals surface area contributed by atoms with Crippen molar-refractivity contribution in [2.75, 3.05) is 24.2 Å². The summed E-state index contributed by atoms with van der Waals surface area (Å²) >= 11 is 1.16. The Bertz CT molecular complexity index is 835. The Morgan fingerprint density at radius 3 is 2.63 bits per heavy atom. The van der Waals surface area contributed by atoms with Crippen LogP contribution in [-0.2, 0) is 9.59 Å². The minimum Gasteiger partial charge on any atom is -0.360 e. The van der Waals surface area contributed by atoms with Crippen LogP contribution in [0.1, 0.15) is 18.6 Å². The van der Waals surface area contributed by atoms with Crippen LogP contribution in [0.25, 0.3) is 0 Å². The predicted octanol–water partition coefficient (Wildman–Crippen LogP) is 3.23. The van der Waals surface area contributed by atoms with E-state index in [2.05, 4.69) is 10.5 Å². The van der Waals surface area contributed by atoms with E-state index in [0.717, 1.165) is 23.9 Å². The summed E-state index contributed by atoms with van der Waals surface area (Å²) in [6.45, 7) is 2.70. The lowest BCUT2D eigenvalue weighted by Gasteiger charge is -2.31. The molecule has 2 amide bonds. The highest BCUT2D eigenvalue weighted by Gasteiger charge is 2.27. The van der Waals surface area contributed by atoms with Gasteiger partial charge in [-0.25, -0.2) is 8.78 Å². The molecule has 144 valence electrons. The molecule has 1 saturated heterocycles. The second kappa shape index (κ2) is 8.51. The number of amides is 2. The van der Waals surface area contributed by atoms with Gasteiger partial charge in [0.15, 0.2) is 17.5 Å². The number of benzene rings is 1. The van der Waals surface area contributed by atoms with Crippen molar-refractivity contribution < 1.29 is 22.9 Å². The maximum Gasteiger partial charge on any atom is 0.232 e. The van der Waals surface area contributed by atoms with Gasteiger partial charge in [0.2, 0.25) is 11.8 Å². The molecule has 0 radical (unpaired) electrons. The first-order valence-electron chi connectivity index (χ1n) is 8.52. The summed E-state index contributed by atoms with van der Waals surface area (Å²) in [6.07, 6.45) is 1.12. The average Bonchev–Trinajstić information content (AvgIpc) is 3.07. The standard InChI is InChI=1S/C18H19F2N3O3S/c1-11-8-16(22-26-11)21-18(25)12-4-6-23(7-5-12)17(24)10-27-13-2-3-14(19)15(20)9-13/h2-3,8-9,12H,4-7,10H2,1H3,(H,21,22,25). The van der Waals surface area contributed by atoms with E-state index in [4.69, 9.17) is 4.52 Å². The number of thioether (sulfide) groups is 1. The molecule has 0 bridgehead atoms. The molecule has 9 heteroatoms. The Balaban J connectivity index is 1.44. The van der Waals surface area contributed by atoms with Crippen molar-refractivity contribution in [1.29, 1.82) is 0 Å². The quantitative estimate of drug-likeness (QED) is 0.787. The highest BCUT2D eigenvalue weighted by molar-refractivity contribution is 8.00. The molecule has 1 N–H and O–H groups in total. The summed E-state index contributed by atoms with van der Waals surface area (Å²) in [5.74, 6) is -1.11. The van der Waals surface area contributed by atoms with Crippen LogP contribution in [0.3, 0.4) is 0 Å². The minimum atomic E-state index is -0.929. The SMILES string of the molecule is Cc1cc(NC(=O)C2CCN(C(=O)CSc3ccc(F)c(F)c3)CC2)no1. The molecule has 0 unspecified atom stereocenters. The Hall–Kier alpha value is -2.42. The molecule has 2 heterocycles. The largest absolute Gasteiger partial charge is 0.360 e. The molecule has 2 aromatic rings. The maximum absolute atomic E-state index is 13.2. The topological polar surface area (TPSA) is 75.4 Å². The Kier molecular flexibility index (Phi) is 6.10. The van der Waals surface area contributed by atoms with Gasteiger partial charge < -0.3 is 14.7 Å². The number of carbonyl (C=O) groups is 2. The van der Waals surface area contributed by atoms with Gasteiger partial charge in [0.1, 0.15) is 5.76 Å². The second-order valence-corrected chi connectivity index (χ2v) is 7.38. The first-order chi connectivity index (χ1) is 12.9. The van der Waals surface area contributed by atoms with Crippen LogP contribution < -0.4 is 5.32 Å². The summed E-state index contributed by atoms with van der Waals surface area (Å²) in [5, 5.41) is 6.45. The van der Waals surface area contributed by atoms with E-state index in [1.54, 1.807) is 17.9 Å². The van der Waals surface area contributed by atoms with Crippen LogP contribution in [0, 0.1) is 24.5 Å². The van der Waals surface area contributed by atoms with Crippen LogP contribution in [-0.4, -0.2) is 40.7 Å². The van der Waals surface area contributed by atoms with Gasteiger partial charge in [-0.1, -0.05) is 5.16 Å². The molecule has 0 aliphatic carbocycles. The third kappa shape index (κ3) is 5.06. The van der Waals surface area contributed by atoms with E-state index in [-0.39, 0.29) is 23.5 Å². The molecule has 1 aliphatic rings. The normalized spacial score (nSPS) is 15.0. The van der Waals surface area contributed by atoms with Crippen molar-refractivity contribution in [2.24, 2.45) is 5.92 Å². The van der Waals surface area contributed by atoms with Gasteiger partial charge in [-0.05, 0) is 38.0 Å². The Labute approximate surface area is 159 Å². The van der Waals surface area contributed by atoms with E-state index < -0.39 is 11.6 Å². The molecular formula is C18H19F2N3O3S. The number of hydrogen-bond donors (Lipinski definition) is 1. The lowest BCUT2D eigenvalue weighted by atomic mass is 9.96. The van der Waals surface area contributed by atoms with Gasteiger partial charge in [-0.2, -0.15) is 0 Å². The van der Waals surface area contributed by atoms with Crippen LogP contribution in [0.15, 0.2) is 33.7 Å². The van der Waals surface area contributed by atoms with Crippen molar-refractivity contribution in [2.45, 2.75) is 24.7 Å². The first kappa shape index (κ1) is 19.3. The lowest BCUT2D eigenvalue weighted by Crippen LogP contribution is -2.42.